The summed E-state index contributed by atoms with van der Waals surface area (Å²) < 4.78 is 7.95. The van der Waals surface area contributed by atoms with Gasteiger partial charge >= 0.3 is 0 Å². The summed E-state index contributed by atoms with van der Waals surface area (Å²) in [6.45, 7) is 1.93. The SMILES string of the molecule is O=C(CCOc1ccccc1)N1CCn2cccc2C1c1ccccc1. The highest BCUT2D eigenvalue weighted by Gasteiger charge is 2.31. The Balaban J connectivity index is 1.50. The first-order valence-electron chi connectivity index (χ1n) is 9.00. The Bertz CT molecular complexity index is 858. The van der Waals surface area contributed by atoms with Gasteiger partial charge in [0.2, 0.25) is 5.91 Å². The van der Waals surface area contributed by atoms with E-state index in [-0.39, 0.29) is 11.9 Å². The van der Waals surface area contributed by atoms with Crippen molar-refractivity contribution in [1.82, 2.24) is 9.47 Å². The molecule has 0 fully saturated rings. The Morgan fingerprint density at radius 1 is 0.923 bits per heavy atom. The van der Waals surface area contributed by atoms with Crippen LogP contribution < -0.4 is 4.74 Å². The van der Waals surface area contributed by atoms with Crippen LogP contribution in [0, 0.1) is 0 Å². The molecular formula is C22H22N2O2. The third kappa shape index (κ3) is 3.36. The van der Waals surface area contributed by atoms with E-state index >= 15 is 0 Å². The van der Waals surface area contributed by atoms with Crippen LogP contribution >= 0.6 is 0 Å². The van der Waals surface area contributed by atoms with Crippen LogP contribution in [0.4, 0.5) is 0 Å². The summed E-state index contributed by atoms with van der Waals surface area (Å²) in [6, 6.07) is 24.0. The average molecular weight is 346 g/mol. The molecule has 2 aromatic carbocycles. The molecule has 0 spiro atoms. The topological polar surface area (TPSA) is 34.5 Å². The average Bonchev–Trinajstić information content (AvgIpc) is 3.17. The lowest BCUT2D eigenvalue weighted by atomic mass is 9.99. The lowest BCUT2D eigenvalue weighted by Gasteiger charge is -2.37. The highest BCUT2D eigenvalue weighted by molar-refractivity contribution is 5.77. The summed E-state index contributed by atoms with van der Waals surface area (Å²) in [4.78, 5) is 14.9. The molecule has 4 nitrogen and oxygen atoms in total. The molecule has 0 radical (unpaired) electrons. The maximum atomic E-state index is 12.9. The van der Waals surface area contributed by atoms with E-state index in [4.69, 9.17) is 4.74 Å². The zero-order valence-corrected chi connectivity index (χ0v) is 14.6. The zero-order chi connectivity index (χ0) is 17.8. The molecule has 1 aliphatic rings. The predicted octanol–water partition coefficient (Wildman–Crippen LogP) is 3.89. The molecule has 26 heavy (non-hydrogen) atoms. The summed E-state index contributed by atoms with van der Waals surface area (Å²) in [5, 5.41) is 0. The number of aromatic nitrogens is 1. The largest absolute Gasteiger partial charge is 0.493 e. The Morgan fingerprint density at radius 2 is 1.65 bits per heavy atom. The molecule has 1 unspecified atom stereocenters. The van der Waals surface area contributed by atoms with Crippen molar-refractivity contribution in [2.75, 3.05) is 13.2 Å². The van der Waals surface area contributed by atoms with Gasteiger partial charge in [-0.1, -0.05) is 48.5 Å². The van der Waals surface area contributed by atoms with Crippen molar-refractivity contribution in [3.63, 3.8) is 0 Å². The van der Waals surface area contributed by atoms with Crippen LogP contribution in [0.15, 0.2) is 79.0 Å². The predicted molar refractivity (Wildman–Crippen MR) is 101 cm³/mol. The number of carbonyl (C=O) groups is 1. The second-order valence-corrected chi connectivity index (χ2v) is 6.44. The second-order valence-electron chi connectivity index (χ2n) is 6.44. The van der Waals surface area contributed by atoms with Crippen molar-refractivity contribution >= 4 is 5.91 Å². The summed E-state index contributed by atoms with van der Waals surface area (Å²) in [7, 11) is 0. The van der Waals surface area contributed by atoms with Crippen molar-refractivity contribution in [2.24, 2.45) is 0 Å². The molecule has 1 amide bonds. The van der Waals surface area contributed by atoms with E-state index < -0.39 is 0 Å². The number of benzene rings is 2. The molecule has 1 aromatic heterocycles. The van der Waals surface area contributed by atoms with E-state index in [1.54, 1.807) is 0 Å². The van der Waals surface area contributed by atoms with Crippen LogP contribution in [-0.2, 0) is 11.3 Å². The summed E-state index contributed by atoms with van der Waals surface area (Å²) >= 11 is 0. The number of amides is 1. The van der Waals surface area contributed by atoms with Gasteiger partial charge in [0.15, 0.2) is 0 Å². The maximum absolute atomic E-state index is 12.9. The molecule has 1 aliphatic heterocycles. The minimum absolute atomic E-state index is 0.0378. The quantitative estimate of drug-likeness (QED) is 0.702. The minimum Gasteiger partial charge on any atom is -0.493 e. The number of rotatable bonds is 5. The van der Waals surface area contributed by atoms with Gasteiger partial charge in [0.05, 0.1) is 19.1 Å². The van der Waals surface area contributed by atoms with Gasteiger partial charge in [0, 0.05) is 25.0 Å². The third-order valence-corrected chi connectivity index (χ3v) is 4.80. The molecular weight excluding hydrogens is 324 g/mol. The van der Waals surface area contributed by atoms with E-state index in [1.165, 1.54) is 5.69 Å². The highest BCUT2D eigenvalue weighted by atomic mass is 16.5. The molecule has 2 heterocycles. The molecule has 0 saturated heterocycles. The Kier molecular flexibility index (Phi) is 4.73. The van der Waals surface area contributed by atoms with Crippen LogP contribution in [0.5, 0.6) is 5.75 Å². The fourth-order valence-electron chi connectivity index (χ4n) is 3.55. The monoisotopic (exact) mass is 346 g/mol. The van der Waals surface area contributed by atoms with Gasteiger partial charge in [-0.25, -0.2) is 0 Å². The van der Waals surface area contributed by atoms with Crippen LogP contribution in [0.25, 0.3) is 0 Å². The molecule has 3 aromatic rings. The smallest absolute Gasteiger partial charge is 0.226 e. The van der Waals surface area contributed by atoms with Crippen LogP contribution in [0.3, 0.4) is 0 Å². The standard InChI is InChI=1S/C22H22N2O2/c25-21(13-17-26-19-10-5-2-6-11-19)24-16-15-23-14-7-12-20(23)22(24)18-8-3-1-4-9-18/h1-12,14,22H,13,15-17H2. The fraction of sp³-hybridized carbons (Fsp3) is 0.227. The number of fused-ring (bicyclic) bond motifs is 1. The Hall–Kier alpha value is -3.01. The van der Waals surface area contributed by atoms with Gasteiger partial charge in [-0.2, -0.15) is 0 Å². The molecule has 132 valence electrons. The third-order valence-electron chi connectivity index (χ3n) is 4.80. The van der Waals surface area contributed by atoms with Crippen LogP contribution in [-0.4, -0.2) is 28.5 Å². The number of hydrogen-bond donors (Lipinski definition) is 0. The van der Waals surface area contributed by atoms with Gasteiger partial charge < -0.3 is 14.2 Å². The first-order valence-corrected chi connectivity index (χ1v) is 9.00. The summed E-state index contributed by atoms with van der Waals surface area (Å²) in [6.07, 6.45) is 2.46. The molecule has 0 saturated carbocycles. The maximum Gasteiger partial charge on any atom is 0.226 e. The summed E-state index contributed by atoms with van der Waals surface area (Å²) in [5.74, 6) is 0.926. The van der Waals surface area contributed by atoms with Crippen LogP contribution in [0.2, 0.25) is 0 Å². The Morgan fingerprint density at radius 3 is 2.42 bits per heavy atom. The normalized spacial score (nSPS) is 16.2. The van der Waals surface area contributed by atoms with E-state index in [0.29, 0.717) is 19.6 Å². The minimum atomic E-state index is -0.0378. The zero-order valence-electron chi connectivity index (χ0n) is 14.6. The van der Waals surface area contributed by atoms with Crippen molar-refractivity contribution in [3.05, 3.63) is 90.3 Å². The van der Waals surface area contributed by atoms with Gasteiger partial charge in [-0.3, -0.25) is 4.79 Å². The first kappa shape index (κ1) is 16.5. The van der Waals surface area contributed by atoms with E-state index in [1.807, 2.05) is 53.4 Å². The van der Waals surface area contributed by atoms with Crippen molar-refractivity contribution in [2.45, 2.75) is 19.0 Å². The first-order chi connectivity index (χ1) is 12.8. The van der Waals surface area contributed by atoms with Gasteiger partial charge in [0.1, 0.15) is 5.75 Å². The lowest BCUT2D eigenvalue weighted by Crippen LogP contribution is -2.42. The van der Waals surface area contributed by atoms with Gasteiger partial charge in [-0.05, 0) is 29.8 Å². The number of nitrogens with zero attached hydrogens (tertiary/aromatic N) is 2. The number of carbonyl (C=O) groups excluding carboxylic acids is 1. The molecule has 0 N–H and O–H groups in total. The van der Waals surface area contributed by atoms with Crippen molar-refractivity contribution in [3.8, 4) is 5.75 Å². The highest BCUT2D eigenvalue weighted by Crippen LogP contribution is 2.32. The number of ether oxygens (including phenoxy) is 1. The second kappa shape index (κ2) is 7.48. The van der Waals surface area contributed by atoms with Crippen molar-refractivity contribution < 1.29 is 9.53 Å². The molecule has 4 heteroatoms. The van der Waals surface area contributed by atoms with Gasteiger partial charge in [-0.15, -0.1) is 0 Å². The van der Waals surface area contributed by atoms with Crippen molar-refractivity contribution in [1.29, 1.82) is 0 Å². The fourth-order valence-corrected chi connectivity index (χ4v) is 3.55. The van der Waals surface area contributed by atoms with E-state index in [9.17, 15) is 4.79 Å². The Labute approximate surface area is 153 Å². The van der Waals surface area contributed by atoms with E-state index in [0.717, 1.165) is 17.9 Å². The number of hydrogen-bond acceptors (Lipinski definition) is 2. The lowest BCUT2D eigenvalue weighted by molar-refractivity contribution is -0.134. The molecule has 0 aliphatic carbocycles. The summed E-state index contributed by atoms with van der Waals surface area (Å²) in [5.41, 5.74) is 2.31. The van der Waals surface area contributed by atoms with Crippen LogP contribution in [0.1, 0.15) is 23.7 Å². The number of para-hydroxylation sites is 1. The van der Waals surface area contributed by atoms with E-state index in [2.05, 4.69) is 35.0 Å². The molecule has 1 atom stereocenters. The molecule has 0 bridgehead atoms. The van der Waals surface area contributed by atoms with Gasteiger partial charge in [0.25, 0.3) is 0 Å². The molecule has 4 rings (SSSR count).